The SMILES string of the molecule is CNC(=O)CCOC(=O)c1ccc(Cl)cc1. The Kier molecular flexibility index (Phi) is 4.79. The molecule has 0 spiro atoms. The van der Waals surface area contributed by atoms with E-state index in [0.717, 1.165) is 0 Å². The number of esters is 1. The summed E-state index contributed by atoms with van der Waals surface area (Å²) in [5.41, 5.74) is 0.418. The summed E-state index contributed by atoms with van der Waals surface area (Å²) in [6.07, 6.45) is 0.163. The molecule has 0 radical (unpaired) electrons. The van der Waals surface area contributed by atoms with Crippen LogP contribution in [0.25, 0.3) is 0 Å². The van der Waals surface area contributed by atoms with E-state index in [1.807, 2.05) is 0 Å². The Labute approximate surface area is 98.5 Å². The van der Waals surface area contributed by atoms with Crippen molar-refractivity contribution in [3.63, 3.8) is 0 Å². The van der Waals surface area contributed by atoms with Crippen LogP contribution >= 0.6 is 11.6 Å². The molecule has 4 nitrogen and oxygen atoms in total. The zero-order valence-electron chi connectivity index (χ0n) is 8.83. The fraction of sp³-hybridized carbons (Fsp3) is 0.273. The Bertz CT molecular complexity index is 375. The molecule has 0 fully saturated rings. The van der Waals surface area contributed by atoms with Gasteiger partial charge in [-0.3, -0.25) is 4.79 Å². The third-order valence-electron chi connectivity index (χ3n) is 1.92. The van der Waals surface area contributed by atoms with Gasteiger partial charge in [0, 0.05) is 12.1 Å². The number of halogens is 1. The van der Waals surface area contributed by atoms with Crippen LogP contribution < -0.4 is 5.32 Å². The molecule has 1 amide bonds. The van der Waals surface area contributed by atoms with Gasteiger partial charge in [0.05, 0.1) is 12.0 Å². The molecule has 0 aliphatic carbocycles. The molecule has 0 atom stereocenters. The van der Waals surface area contributed by atoms with Gasteiger partial charge in [0.1, 0.15) is 6.61 Å². The van der Waals surface area contributed by atoms with Crippen LogP contribution in [-0.2, 0) is 9.53 Å². The fourth-order valence-corrected chi connectivity index (χ4v) is 1.16. The smallest absolute Gasteiger partial charge is 0.338 e. The van der Waals surface area contributed by atoms with Crippen molar-refractivity contribution in [3.8, 4) is 0 Å². The summed E-state index contributed by atoms with van der Waals surface area (Å²) < 4.78 is 4.90. The van der Waals surface area contributed by atoms with Crippen LogP contribution in [0.1, 0.15) is 16.8 Å². The second kappa shape index (κ2) is 6.12. The summed E-state index contributed by atoms with van der Waals surface area (Å²) >= 11 is 5.68. The first-order valence-corrected chi connectivity index (χ1v) is 5.14. The Morgan fingerprint density at radius 2 is 1.94 bits per heavy atom. The Balaban J connectivity index is 2.41. The Hall–Kier alpha value is -1.55. The van der Waals surface area contributed by atoms with Gasteiger partial charge in [-0.1, -0.05) is 11.6 Å². The molecule has 1 rings (SSSR count). The second-order valence-electron chi connectivity index (χ2n) is 3.07. The molecule has 16 heavy (non-hydrogen) atoms. The van der Waals surface area contributed by atoms with Gasteiger partial charge in [0.2, 0.25) is 5.91 Å². The van der Waals surface area contributed by atoms with Gasteiger partial charge in [-0.05, 0) is 24.3 Å². The number of carbonyl (C=O) groups is 2. The quantitative estimate of drug-likeness (QED) is 0.816. The van der Waals surface area contributed by atoms with Gasteiger partial charge in [-0.15, -0.1) is 0 Å². The van der Waals surface area contributed by atoms with Crippen molar-refractivity contribution in [2.75, 3.05) is 13.7 Å². The van der Waals surface area contributed by atoms with E-state index in [1.54, 1.807) is 24.3 Å². The molecular weight excluding hydrogens is 230 g/mol. The van der Waals surface area contributed by atoms with E-state index < -0.39 is 5.97 Å². The fourth-order valence-electron chi connectivity index (χ4n) is 1.03. The van der Waals surface area contributed by atoms with Crippen molar-refractivity contribution in [2.24, 2.45) is 0 Å². The first-order chi connectivity index (χ1) is 7.63. The third-order valence-corrected chi connectivity index (χ3v) is 2.17. The monoisotopic (exact) mass is 241 g/mol. The molecule has 1 N–H and O–H groups in total. The molecule has 86 valence electrons. The standard InChI is InChI=1S/C11H12ClNO3/c1-13-10(14)6-7-16-11(15)8-2-4-9(12)5-3-8/h2-5H,6-7H2,1H3,(H,13,14). The normalized spacial score (nSPS) is 9.62. The van der Waals surface area contributed by atoms with Gasteiger partial charge in [0.15, 0.2) is 0 Å². The molecule has 0 aromatic heterocycles. The predicted octanol–water partition coefficient (Wildman–Crippen LogP) is 1.63. The third kappa shape index (κ3) is 3.90. The number of nitrogens with one attached hydrogen (secondary N) is 1. The van der Waals surface area contributed by atoms with Gasteiger partial charge >= 0.3 is 5.97 Å². The minimum Gasteiger partial charge on any atom is -0.462 e. The maximum Gasteiger partial charge on any atom is 0.338 e. The van der Waals surface area contributed by atoms with Gasteiger partial charge in [-0.2, -0.15) is 0 Å². The number of hydrogen-bond donors (Lipinski definition) is 1. The van der Waals surface area contributed by atoms with Gasteiger partial charge < -0.3 is 10.1 Å². The van der Waals surface area contributed by atoms with Crippen molar-refractivity contribution in [1.82, 2.24) is 5.32 Å². The molecule has 0 aliphatic heterocycles. The molecule has 1 aromatic rings. The average Bonchev–Trinajstić information content (AvgIpc) is 2.29. The summed E-state index contributed by atoms with van der Waals surface area (Å²) in [6, 6.07) is 6.36. The van der Waals surface area contributed by atoms with Crippen LogP contribution in [0.3, 0.4) is 0 Å². The predicted molar refractivity (Wildman–Crippen MR) is 60.4 cm³/mol. The van der Waals surface area contributed by atoms with Gasteiger partial charge in [-0.25, -0.2) is 4.79 Å². The lowest BCUT2D eigenvalue weighted by molar-refractivity contribution is -0.121. The highest BCUT2D eigenvalue weighted by molar-refractivity contribution is 6.30. The van der Waals surface area contributed by atoms with E-state index in [0.29, 0.717) is 10.6 Å². The Morgan fingerprint density at radius 3 is 2.50 bits per heavy atom. The van der Waals surface area contributed by atoms with Crippen LogP contribution in [0, 0.1) is 0 Å². The first kappa shape index (κ1) is 12.5. The van der Waals surface area contributed by atoms with E-state index in [-0.39, 0.29) is 18.9 Å². The highest BCUT2D eigenvalue weighted by Crippen LogP contribution is 2.10. The van der Waals surface area contributed by atoms with Crippen LogP contribution in [-0.4, -0.2) is 25.5 Å². The number of hydrogen-bond acceptors (Lipinski definition) is 3. The topological polar surface area (TPSA) is 55.4 Å². The number of benzene rings is 1. The van der Waals surface area contributed by atoms with Crippen molar-refractivity contribution < 1.29 is 14.3 Å². The molecule has 0 unspecified atom stereocenters. The Morgan fingerprint density at radius 1 is 1.31 bits per heavy atom. The highest BCUT2D eigenvalue weighted by Gasteiger charge is 2.07. The summed E-state index contributed by atoms with van der Waals surface area (Å²) in [7, 11) is 1.53. The van der Waals surface area contributed by atoms with Crippen molar-refractivity contribution >= 4 is 23.5 Å². The van der Waals surface area contributed by atoms with E-state index in [4.69, 9.17) is 16.3 Å². The number of ether oxygens (including phenoxy) is 1. The van der Waals surface area contributed by atoms with Crippen molar-refractivity contribution in [3.05, 3.63) is 34.9 Å². The first-order valence-electron chi connectivity index (χ1n) is 4.76. The maximum atomic E-state index is 11.4. The average molecular weight is 242 g/mol. The largest absolute Gasteiger partial charge is 0.462 e. The zero-order valence-corrected chi connectivity index (χ0v) is 9.58. The van der Waals surface area contributed by atoms with Crippen molar-refractivity contribution in [1.29, 1.82) is 0 Å². The molecule has 0 saturated carbocycles. The summed E-state index contributed by atoms with van der Waals surface area (Å²) in [5, 5.41) is 3.00. The van der Waals surface area contributed by atoms with E-state index in [9.17, 15) is 9.59 Å². The molecule has 0 saturated heterocycles. The second-order valence-corrected chi connectivity index (χ2v) is 3.50. The number of carbonyl (C=O) groups excluding carboxylic acids is 2. The zero-order chi connectivity index (χ0) is 12.0. The van der Waals surface area contributed by atoms with Crippen LogP contribution in [0.5, 0.6) is 0 Å². The van der Waals surface area contributed by atoms with Crippen molar-refractivity contribution in [2.45, 2.75) is 6.42 Å². The maximum absolute atomic E-state index is 11.4. The number of rotatable bonds is 4. The van der Waals surface area contributed by atoms with Crippen LogP contribution in [0.15, 0.2) is 24.3 Å². The van der Waals surface area contributed by atoms with Gasteiger partial charge in [0.25, 0.3) is 0 Å². The van der Waals surface area contributed by atoms with Crippen LogP contribution in [0.4, 0.5) is 0 Å². The lowest BCUT2D eigenvalue weighted by Gasteiger charge is -2.04. The van der Waals surface area contributed by atoms with E-state index >= 15 is 0 Å². The molecule has 0 heterocycles. The lowest BCUT2D eigenvalue weighted by atomic mass is 10.2. The molecule has 0 aliphatic rings. The molecular formula is C11H12ClNO3. The minimum absolute atomic E-state index is 0.0706. The van der Waals surface area contributed by atoms with E-state index in [1.165, 1.54) is 7.05 Å². The lowest BCUT2D eigenvalue weighted by Crippen LogP contribution is -2.20. The minimum atomic E-state index is -0.458. The highest BCUT2D eigenvalue weighted by atomic mass is 35.5. The summed E-state index contributed by atoms with van der Waals surface area (Å²) in [6.45, 7) is 0.0706. The van der Waals surface area contributed by atoms with Crippen LogP contribution in [0.2, 0.25) is 5.02 Å². The molecule has 0 bridgehead atoms. The molecule has 5 heteroatoms. The van der Waals surface area contributed by atoms with E-state index in [2.05, 4.69) is 5.32 Å². The number of amides is 1. The summed E-state index contributed by atoms with van der Waals surface area (Å²) in [4.78, 5) is 22.3. The summed E-state index contributed by atoms with van der Waals surface area (Å²) in [5.74, 6) is -0.621. The molecule has 1 aromatic carbocycles.